The van der Waals surface area contributed by atoms with Crippen molar-refractivity contribution in [1.29, 1.82) is 0 Å². The maximum atomic E-state index is 6.04. The minimum absolute atomic E-state index is 0.549. The van der Waals surface area contributed by atoms with Gasteiger partial charge in [-0.25, -0.2) is 0 Å². The minimum atomic E-state index is -2.89. The summed E-state index contributed by atoms with van der Waals surface area (Å²) in [5.74, 6) is 0. The van der Waals surface area contributed by atoms with Crippen molar-refractivity contribution in [1.82, 2.24) is 0 Å². The molecule has 5 heteroatoms. The van der Waals surface area contributed by atoms with Crippen molar-refractivity contribution in [3.8, 4) is 0 Å². The molecule has 0 atom stereocenters. The number of para-hydroxylation sites is 2. The van der Waals surface area contributed by atoms with Crippen molar-refractivity contribution < 1.29 is 13.3 Å². The van der Waals surface area contributed by atoms with Crippen LogP contribution in [0.4, 0.5) is 17.1 Å². The largest absolute Gasteiger partial charge is 0.537 e. The Labute approximate surface area is 269 Å². The summed E-state index contributed by atoms with van der Waals surface area (Å²) in [6.45, 7) is 7.57. The molecule has 5 rings (SSSR count). The van der Waals surface area contributed by atoms with Crippen molar-refractivity contribution in [2.24, 2.45) is 0 Å². The SMILES string of the molecule is CCO[Si](OCC)(OCC)c1ccc(/C=C/c2ccc(/C=C/c3ccc(N(c4ccccc4)c4ccccc4)cc3)cc2)cc1. The van der Waals surface area contributed by atoms with Crippen molar-refractivity contribution in [2.45, 2.75) is 20.8 Å². The zero-order valence-electron chi connectivity index (χ0n) is 26.3. The molecule has 0 spiro atoms. The number of anilines is 3. The maximum absolute atomic E-state index is 6.04. The number of hydrogen-bond donors (Lipinski definition) is 0. The average molecular weight is 612 g/mol. The van der Waals surface area contributed by atoms with Gasteiger partial charge in [-0.05, 0) is 79.4 Å². The molecule has 0 saturated carbocycles. The van der Waals surface area contributed by atoms with Gasteiger partial charge in [0.2, 0.25) is 0 Å². The van der Waals surface area contributed by atoms with Crippen LogP contribution in [0.25, 0.3) is 24.3 Å². The summed E-state index contributed by atoms with van der Waals surface area (Å²) in [5.41, 5.74) is 7.94. The molecule has 0 amide bonds. The van der Waals surface area contributed by atoms with E-state index in [-0.39, 0.29) is 0 Å². The normalized spacial score (nSPS) is 11.8. The highest BCUT2D eigenvalue weighted by Gasteiger charge is 2.43. The fraction of sp³-hybridized carbons (Fsp3) is 0.150. The third-order valence-corrected chi connectivity index (χ3v) is 10.4. The Kier molecular flexibility index (Phi) is 11.3. The van der Waals surface area contributed by atoms with E-state index in [9.17, 15) is 0 Å². The monoisotopic (exact) mass is 611 g/mol. The molecule has 5 aromatic rings. The summed E-state index contributed by atoms with van der Waals surface area (Å²) < 4.78 is 18.1. The van der Waals surface area contributed by atoms with Crippen LogP contribution in [0.2, 0.25) is 0 Å². The van der Waals surface area contributed by atoms with Gasteiger partial charge in [0, 0.05) is 42.1 Å². The Morgan fingerprint density at radius 1 is 0.422 bits per heavy atom. The van der Waals surface area contributed by atoms with Gasteiger partial charge in [-0.2, -0.15) is 0 Å². The van der Waals surface area contributed by atoms with Gasteiger partial charge in [0.15, 0.2) is 0 Å². The quantitative estimate of drug-likeness (QED) is 0.0924. The van der Waals surface area contributed by atoms with E-state index in [0.717, 1.165) is 44.5 Å². The Balaban J connectivity index is 1.23. The van der Waals surface area contributed by atoms with Crippen molar-refractivity contribution in [3.05, 3.63) is 156 Å². The molecule has 0 aliphatic rings. The fourth-order valence-corrected chi connectivity index (χ4v) is 7.65. The first-order valence-electron chi connectivity index (χ1n) is 15.6. The zero-order valence-corrected chi connectivity index (χ0v) is 27.3. The van der Waals surface area contributed by atoms with Gasteiger partial charge >= 0.3 is 8.80 Å². The van der Waals surface area contributed by atoms with E-state index >= 15 is 0 Å². The zero-order chi connectivity index (χ0) is 31.3. The van der Waals surface area contributed by atoms with E-state index in [1.165, 1.54) is 0 Å². The fourth-order valence-electron chi connectivity index (χ4n) is 5.18. The standard InChI is InChI=1S/C40H41NO3Si/c1-4-42-45(43-5-2,44-6-3)40-31-27-36(28-32-40)24-22-34-19-17-33(18-20-34)21-23-35-25-29-39(30-26-35)41(37-13-9-7-10-14-37)38-15-11-8-12-16-38/h7-32H,4-6H2,1-3H3/b23-21+,24-22+. The first-order chi connectivity index (χ1) is 22.1. The first-order valence-corrected chi connectivity index (χ1v) is 17.4. The van der Waals surface area contributed by atoms with E-state index in [1.807, 2.05) is 32.9 Å². The summed E-state index contributed by atoms with van der Waals surface area (Å²) in [5, 5.41) is 0.987. The molecule has 0 fully saturated rings. The van der Waals surface area contributed by atoms with E-state index in [1.54, 1.807) is 0 Å². The maximum Gasteiger partial charge on any atom is 0.537 e. The van der Waals surface area contributed by atoms with Gasteiger partial charge in [0.25, 0.3) is 0 Å². The second-order valence-electron chi connectivity index (χ2n) is 10.4. The van der Waals surface area contributed by atoms with Gasteiger partial charge in [0.1, 0.15) is 0 Å². The molecule has 0 unspecified atom stereocenters. The molecule has 45 heavy (non-hydrogen) atoms. The summed E-state index contributed by atoms with van der Waals surface area (Å²) in [6, 6.07) is 46.5. The first kappa shape index (κ1) is 31.9. The summed E-state index contributed by atoms with van der Waals surface area (Å²) in [4.78, 5) is 2.27. The summed E-state index contributed by atoms with van der Waals surface area (Å²) in [6.07, 6.45) is 8.56. The molecule has 0 bridgehead atoms. The lowest BCUT2D eigenvalue weighted by atomic mass is 10.1. The minimum Gasteiger partial charge on any atom is -0.370 e. The topological polar surface area (TPSA) is 30.9 Å². The molecule has 0 aromatic heterocycles. The van der Waals surface area contributed by atoms with Gasteiger partial charge in [-0.1, -0.05) is 121 Å². The van der Waals surface area contributed by atoms with E-state index in [4.69, 9.17) is 13.3 Å². The molecule has 5 aromatic carbocycles. The Hall–Kier alpha value is -4.52. The molecule has 0 radical (unpaired) electrons. The van der Waals surface area contributed by atoms with E-state index < -0.39 is 8.80 Å². The summed E-state index contributed by atoms with van der Waals surface area (Å²) >= 11 is 0. The molecule has 4 nitrogen and oxygen atoms in total. The lowest BCUT2D eigenvalue weighted by Gasteiger charge is -2.28. The molecule has 0 saturated heterocycles. The van der Waals surface area contributed by atoms with Crippen LogP contribution in [-0.4, -0.2) is 28.6 Å². The van der Waals surface area contributed by atoms with Crippen LogP contribution in [0.15, 0.2) is 133 Å². The second kappa shape index (κ2) is 16.0. The van der Waals surface area contributed by atoms with Crippen LogP contribution in [0.3, 0.4) is 0 Å². The molecule has 0 heterocycles. The smallest absolute Gasteiger partial charge is 0.370 e. The number of nitrogens with zero attached hydrogens (tertiary/aromatic N) is 1. The highest BCUT2D eigenvalue weighted by molar-refractivity contribution is 6.75. The van der Waals surface area contributed by atoms with Gasteiger partial charge in [-0.3, -0.25) is 0 Å². The van der Waals surface area contributed by atoms with Crippen LogP contribution in [0.1, 0.15) is 43.0 Å². The van der Waals surface area contributed by atoms with Crippen molar-refractivity contribution >= 4 is 55.4 Å². The molecule has 228 valence electrons. The highest BCUT2D eigenvalue weighted by atomic mass is 28.4. The van der Waals surface area contributed by atoms with Crippen molar-refractivity contribution in [3.63, 3.8) is 0 Å². The third kappa shape index (κ3) is 8.35. The lowest BCUT2D eigenvalue weighted by molar-refractivity contribution is 0.0859. The molecule has 0 aliphatic heterocycles. The van der Waals surface area contributed by atoms with Gasteiger partial charge in [-0.15, -0.1) is 0 Å². The van der Waals surface area contributed by atoms with Crippen molar-refractivity contribution in [2.75, 3.05) is 24.7 Å². The number of benzene rings is 5. The summed E-state index contributed by atoms with van der Waals surface area (Å²) in [7, 11) is -2.89. The Morgan fingerprint density at radius 3 is 1.09 bits per heavy atom. The Bertz CT molecular complexity index is 1590. The highest BCUT2D eigenvalue weighted by Crippen LogP contribution is 2.34. The molecule has 0 N–H and O–H groups in total. The Morgan fingerprint density at radius 2 is 0.733 bits per heavy atom. The second-order valence-corrected chi connectivity index (χ2v) is 13.0. The van der Waals surface area contributed by atoms with E-state index in [2.05, 4.69) is 151 Å². The molecule has 0 aliphatic carbocycles. The lowest BCUT2D eigenvalue weighted by Crippen LogP contribution is -2.56. The predicted molar refractivity (Wildman–Crippen MR) is 192 cm³/mol. The van der Waals surface area contributed by atoms with Crippen LogP contribution < -0.4 is 10.1 Å². The predicted octanol–water partition coefficient (Wildman–Crippen LogP) is 9.75. The van der Waals surface area contributed by atoms with Crippen LogP contribution in [0, 0.1) is 0 Å². The number of rotatable bonds is 14. The van der Waals surface area contributed by atoms with Gasteiger partial charge < -0.3 is 18.2 Å². The number of hydrogen-bond acceptors (Lipinski definition) is 4. The van der Waals surface area contributed by atoms with Crippen LogP contribution in [-0.2, 0) is 13.3 Å². The average Bonchev–Trinajstić information content (AvgIpc) is 3.09. The van der Waals surface area contributed by atoms with E-state index in [0.29, 0.717) is 19.8 Å². The van der Waals surface area contributed by atoms with Crippen LogP contribution in [0.5, 0.6) is 0 Å². The molecular weight excluding hydrogens is 571 g/mol. The van der Waals surface area contributed by atoms with Gasteiger partial charge in [0.05, 0.1) is 0 Å². The van der Waals surface area contributed by atoms with Crippen LogP contribution >= 0.6 is 0 Å². The third-order valence-electron chi connectivity index (χ3n) is 7.32. The molecular formula is C40H41NO3Si.